The Morgan fingerprint density at radius 3 is 1.79 bits per heavy atom. The maximum Gasteiger partial charge on any atom is 0.203 e. The van der Waals surface area contributed by atoms with Crippen molar-refractivity contribution in [1.82, 2.24) is 0 Å². The minimum Gasteiger partial charge on any atom is -0.494 e. The van der Waals surface area contributed by atoms with E-state index >= 15 is 0 Å². The van der Waals surface area contributed by atoms with Crippen LogP contribution in [0.5, 0.6) is 0 Å². The van der Waals surface area contributed by atoms with Crippen molar-refractivity contribution in [1.29, 1.82) is 0 Å². The van der Waals surface area contributed by atoms with Crippen LogP contribution in [0.2, 0.25) is 0 Å². The summed E-state index contributed by atoms with van der Waals surface area (Å²) < 4.78 is 43.6. The van der Waals surface area contributed by atoms with Gasteiger partial charge >= 0.3 is 0 Å². The number of ether oxygens (including phenoxy) is 3. The van der Waals surface area contributed by atoms with Gasteiger partial charge in [0.1, 0.15) is 6.61 Å². The standard InChI is InChI=1S/C33H32F2O3/c1-5-31-19-18-30(21-38-31)29-16-14-28(15-17-29)27-12-10-26(11-13-27)25-8-6-24(7-9-25)20-37-23(3)33(35)32(34)22(2)36-4/h5-17,30-31H,1-3,18-21H2,4H3/b33-32-. The van der Waals surface area contributed by atoms with Gasteiger partial charge in [-0.1, -0.05) is 92.0 Å². The molecular weight excluding hydrogens is 482 g/mol. The highest BCUT2D eigenvalue weighted by atomic mass is 19.2. The summed E-state index contributed by atoms with van der Waals surface area (Å²) in [5.41, 5.74) is 6.54. The third-order valence-corrected chi connectivity index (χ3v) is 6.80. The lowest BCUT2D eigenvalue weighted by Crippen LogP contribution is -2.22. The second-order valence-corrected chi connectivity index (χ2v) is 9.25. The van der Waals surface area contributed by atoms with Gasteiger partial charge in [-0.05, 0) is 46.2 Å². The van der Waals surface area contributed by atoms with Gasteiger partial charge in [-0.3, -0.25) is 0 Å². The van der Waals surface area contributed by atoms with Gasteiger partial charge in [0.05, 0.1) is 19.8 Å². The molecule has 3 aromatic carbocycles. The zero-order valence-electron chi connectivity index (χ0n) is 21.6. The molecule has 38 heavy (non-hydrogen) atoms. The van der Waals surface area contributed by atoms with Crippen LogP contribution in [0.15, 0.2) is 122 Å². The van der Waals surface area contributed by atoms with E-state index in [0.717, 1.165) is 41.7 Å². The molecule has 2 unspecified atom stereocenters. The van der Waals surface area contributed by atoms with E-state index in [1.54, 1.807) is 0 Å². The Hall–Kier alpha value is -3.96. The molecule has 0 aromatic heterocycles. The van der Waals surface area contributed by atoms with Crippen LogP contribution in [0.25, 0.3) is 22.3 Å². The van der Waals surface area contributed by atoms with E-state index in [9.17, 15) is 8.78 Å². The summed E-state index contributed by atoms with van der Waals surface area (Å²) >= 11 is 0. The van der Waals surface area contributed by atoms with Crippen LogP contribution in [0.4, 0.5) is 8.78 Å². The molecule has 1 aliphatic rings. The molecule has 196 valence electrons. The van der Waals surface area contributed by atoms with Crippen molar-refractivity contribution in [2.24, 2.45) is 0 Å². The number of hydrogen-bond donors (Lipinski definition) is 0. The van der Waals surface area contributed by atoms with Crippen molar-refractivity contribution >= 4 is 0 Å². The van der Waals surface area contributed by atoms with Crippen molar-refractivity contribution in [3.05, 3.63) is 133 Å². The summed E-state index contributed by atoms with van der Waals surface area (Å²) in [6, 6.07) is 24.8. The first-order chi connectivity index (χ1) is 18.4. The predicted octanol–water partition coefficient (Wildman–Crippen LogP) is 8.81. The average Bonchev–Trinajstić information content (AvgIpc) is 2.99. The molecule has 3 nitrogen and oxygen atoms in total. The Morgan fingerprint density at radius 1 is 0.816 bits per heavy atom. The fraction of sp³-hybridized carbons (Fsp3) is 0.212. The third kappa shape index (κ3) is 6.48. The van der Waals surface area contributed by atoms with Crippen LogP contribution in [0.1, 0.15) is 29.9 Å². The summed E-state index contributed by atoms with van der Waals surface area (Å²) in [6.07, 6.45) is 4.19. The van der Waals surface area contributed by atoms with Crippen LogP contribution < -0.4 is 0 Å². The predicted molar refractivity (Wildman–Crippen MR) is 149 cm³/mol. The molecule has 1 heterocycles. The van der Waals surface area contributed by atoms with E-state index in [2.05, 4.69) is 73.0 Å². The van der Waals surface area contributed by atoms with E-state index in [-0.39, 0.29) is 12.7 Å². The first-order valence-electron chi connectivity index (χ1n) is 12.5. The van der Waals surface area contributed by atoms with Gasteiger partial charge in [0.15, 0.2) is 11.5 Å². The highest BCUT2D eigenvalue weighted by Crippen LogP contribution is 2.31. The van der Waals surface area contributed by atoms with E-state index in [4.69, 9.17) is 9.47 Å². The zero-order chi connectivity index (χ0) is 27.1. The summed E-state index contributed by atoms with van der Waals surface area (Å²) in [5.74, 6) is -2.86. The van der Waals surface area contributed by atoms with Crippen molar-refractivity contribution in [2.75, 3.05) is 13.7 Å². The normalized spacial score (nSPS) is 17.8. The molecule has 3 aromatic rings. The van der Waals surface area contributed by atoms with Crippen LogP contribution in [0.3, 0.4) is 0 Å². The number of benzene rings is 3. The molecule has 2 atom stereocenters. The molecule has 0 N–H and O–H groups in total. The Labute approximate surface area is 223 Å². The Balaban J connectivity index is 1.35. The van der Waals surface area contributed by atoms with Gasteiger partial charge in [-0.25, -0.2) is 0 Å². The Bertz CT molecular complexity index is 1300. The molecule has 4 rings (SSSR count). The SMILES string of the molecule is C=CC1CCC(c2ccc(-c3ccc(-c4ccc(COC(=C)/C(F)=C(/F)C(=C)OC)cc4)cc3)cc2)CO1. The second-order valence-electron chi connectivity index (χ2n) is 9.25. The number of halogens is 2. The van der Waals surface area contributed by atoms with Gasteiger partial charge in [0, 0.05) is 5.92 Å². The number of rotatable bonds is 10. The van der Waals surface area contributed by atoms with Gasteiger partial charge in [-0.2, -0.15) is 8.78 Å². The smallest absolute Gasteiger partial charge is 0.203 e. The molecule has 0 aliphatic carbocycles. The maximum absolute atomic E-state index is 14.0. The Morgan fingerprint density at radius 2 is 1.32 bits per heavy atom. The monoisotopic (exact) mass is 514 g/mol. The minimum absolute atomic E-state index is 0.0516. The van der Waals surface area contributed by atoms with E-state index in [1.165, 1.54) is 18.2 Å². The maximum atomic E-state index is 14.0. The fourth-order valence-electron chi connectivity index (χ4n) is 4.39. The lowest BCUT2D eigenvalue weighted by atomic mass is 9.90. The molecule has 1 aliphatic heterocycles. The lowest BCUT2D eigenvalue weighted by Gasteiger charge is -2.27. The fourth-order valence-corrected chi connectivity index (χ4v) is 4.39. The first kappa shape index (κ1) is 27.1. The average molecular weight is 515 g/mol. The highest BCUT2D eigenvalue weighted by Gasteiger charge is 2.21. The largest absolute Gasteiger partial charge is 0.494 e. The van der Waals surface area contributed by atoms with E-state index in [1.807, 2.05) is 30.3 Å². The molecule has 1 fully saturated rings. The van der Waals surface area contributed by atoms with E-state index in [0.29, 0.717) is 5.92 Å². The highest BCUT2D eigenvalue weighted by molar-refractivity contribution is 5.70. The summed E-state index contributed by atoms with van der Waals surface area (Å²) in [5, 5.41) is 0. The van der Waals surface area contributed by atoms with Gasteiger partial charge in [-0.15, -0.1) is 6.58 Å². The molecular formula is C33H32F2O3. The van der Waals surface area contributed by atoms with Crippen LogP contribution in [0, 0.1) is 0 Å². The molecule has 0 bridgehead atoms. The molecule has 1 saturated heterocycles. The van der Waals surface area contributed by atoms with Crippen LogP contribution in [-0.4, -0.2) is 19.8 Å². The molecule has 5 heteroatoms. The van der Waals surface area contributed by atoms with Crippen molar-refractivity contribution in [2.45, 2.75) is 31.5 Å². The van der Waals surface area contributed by atoms with Crippen molar-refractivity contribution in [3.63, 3.8) is 0 Å². The molecule has 0 saturated carbocycles. The number of methoxy groups -OCH3 is 1. The quantitative estimate of drug-likeness (QED) is 0.154. The summed E-state index contributed by atoms with van der Waals surface area (Å²) in [7, 11) is 1.21. The molecule has 0 amide bonds. The van der Waals surface area contributed by atoms with Gasteiger partial charge in [0.2, 0.25) is 11.7 Å². The van der Waals surface area contributed by atoms with Crippen molar-refractivity contribution in [3.8, 4) is 22.3 Å². The molecule has 0 spiro atoms. The minimum atomic E-state index is -1.23. The van der Waals surface area contributed by atoms with E-state index < -0.39 is 23.2 Å². The summed E-state index contributed by atoms with van der Waals surface area (Å²) in [4.78, 5) is 0. The van der Waals surface area contributed by atoms with Gasteiger partial charge < -0.3 is 14.2 Å². The van der Waals surface area contributed by atoms with Crippen molar-refractivity contribution < 1.29 is 23.0 Å². The third-order valence-electron chi connectivity index (χ3n) is 6.80. The topological polar surface area (TPSA) is 27.7 Å². The molecule has 0 radical (unpaired) electrons. The van der Waals surface area contributed by atoms with Crippen LogP contribution >= 0.6 is 0 Å². The van der Waals surface area contributed by atoms with Gasteiger partial charge in [0.25, 0.3) is 0 Å². The zero-order valence-corrected chi connectivity index (χ0v) is 21.6. The van der Waals surface area contributed by atoms with Crippen LogP contribution in [-0.2, 0) is 20.8 Å². The lowest BCUT2D eigenvalue weighted by molar-refractivity contribution is 0.0329. The first-order valence-corrected chi connectivity index (χ1v) is 12.5. The number of allylic oxidation sites excluding steroid dienone is 2. The summed E-state index contributed by atoms with van der Waals surface area (Å²) in [6.45, 7) is 11.3. The Kier molecular flexibility index (Phi) is 8.93. The number of hydrogen-bond acceptors (Lipinski definition) is 3. The second kappa shape index (κ2) is 12.5.